The number of hydrogen-bond donors (Lipinski definition) is 1. The highest BCUT2D eigenvalue weighted by Crippen LogP contribution is 2.08. The van der Waals surface area contributed by atoms with Gasteiger partial charge in [0.1, 0.15) is 5.69 Å². The number of nitrogens with two attached hydrogens (primary N) is 1. The van der Waals surface area contributed by atoms with Crippen molar-refractivity contribution in [3.8, 4) is 11.8 Å². The molecule has 0 saturated carbocycles. The fourth-order valence-electron chi connectivity index (χ4n) is 1.77. The molecular formula is C16H23N3O. The molecule has 1 rings (SSSR count). The second-order valence-corrected chi connectivity index (χ2v) is 4.80. The second-order valence-electron chi connectivity index (χ2n) is 4.80. The number of rotatable bonds is 5. The van der Waals surface area contributed by atoms with Crippen molar-refractivity contribution in [2.75, 3.05) is 19.6 Å². The van der Waals surface area contributed by atoms with Gasteiger partial charge in [-0.05, 0) is 25.0 Å². The molecule has 0 radical (unpaired) electrons. The van der Waals surface area contributed by atoms with Crippen LogP contribution >= 0.6 is 0 Å². The van der Waals surface area contributed by atoms with E-state index in [4.69, 9.17) is 5.73 Å². The molecule has 1 aromatic heterocycles. The summed E-state index contributed by atoms with van der Waals surface area (Å²) >= 11 is 0. The highest BCUT2D eigenvalue weighted by molar-refractivity contribution is 5.92. The number of amides is 1. The maximum absolute atomic E-state index is 12.4. The highest BCUT2D eigenvalue weighted by atomic mass is 16.2. The van der Waals surface area contributed by atoms with Crippen molar-refractivity contribution in [1.29, 1.82) is 0 Å². The maximum atomic E-state index is 12.4. The highest BCUT2D eigenvalue weighted by Gasteiger charge is 2.17. The van der Waals surface area contributed by atoms with Crippen LogP contribution in [0.1, 0.15) is 43.2 Å². The molecule has 0 aliphatic heterocycles. The van der Waals surface area contributed by atoms with Gasteiger partial charge in [0, 0.05) is 24.8 Å². The van der Waals surface area contributed by atoms with Gasteiger partial charge >= 0.3 is 0 Å². The lowest BCUT2D eigenvalue weighted by molar-refractivity contribution is 0.0735. The summed E-state index contributed by atoms with van der Waals surface area (Å²) in [6.07, 6.45) is 2.68. The van der Waals surface area contributed by atoms with Crippen molar-refractivity contribution in [3.63, 3.8) is 0 Å². The van der Waals surface area contributed by atoms with Crippen molar-refractivity contribution in [2.24, 2.45) is 11.7 Å². The van der Waals surface area contributed by atoms with E-state index in [0.717, 1.165) is 18.5 Å². The van der Waals surface area contributed by atoms with Gasteiger partial charge in [0.2, 0.25) is 0 Å². The van der Waals surface area contributed by atoms with Gasteiger partial charge in [-0.3, -0.25) is 4.79 Å². The molecule has 0 aromatic carbocycles. The predicted octanol–water partition coefficient (Wildman–Crippen LogP) is 1.90. The van der Waals surface area contributed by atoms with E-state index in [-0.39, 0.29) is 5.91 Å². The zero-order valence-corrected chi connectivity index (χ0v) is 12.5. The zero-order valence-electron chi connectivity index (χ0n) is 12.5. The number of nitrogens with zero attached hydrogens (tertiary/aromatic N) is 2. The standard InChI is InChI=1S/C16H23N3O/c1-4-13(3)12-19(5-2)16(20)15-9-8-14(11-18-15)7-6-10-17/h8-9,11,13H,4-5,10,12,17H2,1-3H3. The van der Waals surface area contributed by atoms with E-state index in [1.54, 1.807) is 18.3 Å². The fourth-order valence-corrected chi connectivity index (χ4v) is 1.77. The summed E-state index contributed by atoms with van der Waals surface area (Å²) in [5.74, 6) is 6.13. The minimum absolute atomic E-state index is 0.0221. The number of carbonyl (C=O) groups is 1. The van der Waals surface area contributed by atoms with E-state index >= 15 is 0 Å². The first-order valence-electron chi connectivity index (χ1n) is 7.06. The van der Waals surface area contributed by atoms with Crippen molar-refractivity contribution in [1.82, 2.24) is 9.88 Å². The van der Waals surface area contributed by atoms with Gasteiger partial charge in [0.05, 0.1) is 6.54 Å². The van der Waals surface area contributed by atoms with Crippen LogP contribution in [0.2, 0.25) is 0 Å². The molecule has 1 amide bonds. The normalized spacial score (nSPS) is 11.4. The Balaban J connectivity index is 2.79. The van der Waals surface area contributed by atoms with Crippen molar-refractivity contribution < 1.29 is 4.79 Å². The van der Waals surface area contributed by atoms with Crippen LogP contribution in [-0.2, 0) is 0 Å². The fraction of sp³-hybridized carbons (Fsp3) is 0.500. The molecule has 2 N–H and O–H groups in total. The van der Waals surface area contributed by atoms with E-state index in [2.05, 4.69) is 30.7 Å². The van der Waals surface area contributed by atoms with Gasteiger partial charge < -0.3 is 10.6 Å². The summed E-state index contributed by atoms with van der Waals surface area (Å²) in [4.78, 5) is 18.4. The molecule has 4 heteroatoms. The SMILES string of the molecule is CCC(C)CN(CC)C(=O)c1ccc(C#CCN)cn1. The van der Waals surface area contributed by atoms with Crippen LogP contribution in [0.25, 0.3) is 0 Å². The number of hydrogen-bond acceptors (Lipinski definition) is 3. The van der Waals surface area contributed by atoms with Crippen LogP contribution < -0.4 is 5.73 Å². The predicted molar refractivity (Wildman–Crippen MR) is 81.2 cm³/mol. The van der Waals surface area contributed by atoms with Crippen LogP contribution in [0, 0.1) is 17.8 Å². The Bertz CT molecular complexity index is 485. The smallest absolute Gasteiger partial charge is 0.272 e. The van der Waals surface area contributed by atoms with Gasteiger partial charge in [0.25, 0.3) is 5.91 Å². The third kappa shape index (κ3) is 4.67. The molecule has 0 saturated heterocycles. The summed E-state index contributed by atoms with van der Waals surface area (Å²) < 4.78 is 0. The largest absolute Gasteiger partial charge is 0.337 e. The molecule has 0 bridgehead atoms. The minimum Gasteiger partial charge on any atom is -0.337 e. The van der Waals surface area contributed by atoms with Crippen LogP contribution in [0.5, 0.6) is 0 Å². The van der Waals surface area contributed by atoms with Crippen LogP contribution in [0.4, 0.5) is 0 Å². The van der Waals surface area contributed by atoms with Gasteiger partial charge in [-0.2, -0.15) is 0 Å². The zero-order chi connectivity index (χ0) is 15.0. The molecule has 0 aliphatic rings. The van der Waals surface area contributed by atoms with Crippen molar-refractivity contribution in [2.45, 2.75) is 27.2 Å². The lowest BCUT2D eigenvalue weighted by atomic mass is 10.1. The minimum atomic E-state index is -0.0221. The molecule has 0 spiro atoms. The Morgan fingerprint density at radius 3 is 2.70 bits per heavy atom. The quantitative estimate of drug-likeness (QED) is 0.834. The van der Waals surface area contributed by atoms with E-state index < -0.39 is 0 Å². The monoisotopic (exact) mass is 273 g/mol. The number of pyridine rings is 1. The molecule has 0 aliphatic carbocycles. The third-order valence-electron chi connectivity index (χ3n) is 3.22. The van der Waals surface area contributed by atoms with Gasteiger partial charge in [0.15, 0.2) is 0 Å². The molecule has 1 aromatic rings. The Kier molecular flexibility index (Phi) is 6.75. The molecule has 1 atom stereocenters. The molecular weight excluding hydrogens is 250 g/mol. The summed E-state index contributed by atoms with van der Waals surface area (Å²) in [5.41, 5.74) is 6.56. The average molecular weight is 273 g/mol. The summed E-state index contributed by atoms with van der Waals surface area (Å²) in [5, 5.41) is 0. The summed E-state index contributed by atoms with van der Waals surface area (Å²) in [6, 6.07) is 3.53. The molecule has 108 valence electrons. The summed E-state index contributed by atoms with van der Waals surface area (Å²) in [6.45, 7) is 8.05. The molecule has 0 fully saturated rings. The Morgan fingerprint density at radius 2 is 2.20 bits per heavy atom. The first kappa shape index (κ1) is 16.2. The van der Waals surface area contributed by atoms with Gasteiger partial charge in [-0.25, -0.2) is 4.98 Å². The van der Waals surface area contributed by atoms with Crippen molar-refractivity contribution in [3.05, 3.63) is 29.6 Å². The molecule has 20 heavy (non-hydrogen) atoms. The van der Waals surface area contributed by atoms with E-state index in [1.165, 1.54) is 0 Å². The number of aromatic nitrogens is 1. The van der Waals surface area contributed by atoms with E-state index in [1.807, 2.05) is 11.8 Å². The Morgan fingerprint density at radius 1 is 1.45 bits per heavy atom. The third-order valence-corrected chi connectivity index (χ3v) is 3.22. The molecule has 1 unspecified atom stereocenters. The number of carbonyl (C=O) groups excluding carboxylic acids is 1. The first-order chi connectivity index (χ1) is 9.62. The first-order valence-corrected chi connectivity index (χ1v) is 7.06. The molecule has 4 nitrogen and oxygen atoms in total. The second kappa shape index (κ2) is 8.34. The van der Waals surface area contributed by atoms with E-state index in [0.29, 0.717) is 24.7 Å². The van der Waals surface area contributed by atoms with Crippen molar-refractivity contribution >= 4 is 5.91 Å². The molecule has 1 heterocycles. The van der Waals surface area contributed by atoms with Gasteiger partial charge in [-0.1, -0.05) is 32.1 Å². The van der Waals surface area contributed by atoms with Crippen LogP contribution in [0.3, 0.4) is 0 Å². The Hall–Kier alpha value is -1.86. The van der Waals surface area contributed by atoms with Gasteiger partial charge in [-0.15, -0.1) is 0 Å². The lowest BCUT2D eigenvalue weighted by Crippen LogP contribution is -2.35. The summed E-state index contributed by atoms with van der Waals surface area (Å²) in [7, 11) is 0. The van der Waals surface area contributed by atoms with Crippen LogP contribution in [0.15, 0.2) is 18.3 Å². The topological polar surface area (TPSA) is 59.2 Å². The van der Waals surface area contributed by atoms with E-state index in [9.17, 15) is 4.79 Å². The lowest BCUT2D eigenvalue weighted by Gasteiger charge is -2.23. The van der Waals surface area contributed by atoms with Crippen LogP contribution in [-0.4, -0.2) is 35.4 Å². The maximum Gasteiger partial charge on any atom is 0.272 e. The average Bonchev–Trinajstić information content (AvgIpc) is 2.50. The Labute approximate surface area is 121 Å².